The van der Waals surface area contributed by atoms with Gasteiger partial charge < -0.3 is 14.7 Å². The Balaban J connectivity index is 4.27. The number of carbonyl (C=O) groups is 1. The average molecular weight is 296 g/mol. The summed E-state index contributed by atoms with van der Waals surface area (Å²) >= 11 is 0. The molecular formula is C11H22NO6S+. The number of hydrogen-bond acceptors (Lipinski definition) is 4. The van der Waals surface area contributed by atoms with Gasteiger partial charge in [0.25, 0.3) is 10.1 Å². The Morgan fingerprint density at radius 1 is 1.32 bits per heavy atom. The van der Waals surface area contributed by atoms with Crippen LogP contribution in [0.4, 0.5) is 0 Å². The maximum Gasteiger partial charge on any atom is 0.330 e. The Hall–Kier alpha value is -0.960. The summed E-state index contributed by atoms with van der Waals surface area (Å²) < 4.78 is 30.3. The van der Waals surface area contributed by atoms with Gasteiger partial charge in [0.15, 0.2) is 5.44 Å². The average Bonchev–Trinajstić information content (AvgIpc) is 2.24. The van der Waals surface area contributed by atoms with Gasteiger partial charge in [-0.1, -0.05) is 6.08 Å². The molecule has 0 aromatic carbocycles. The zero-order valence-electron chi connectivity index (χ0n) is 11.4. The molecule has 3 N–H and O–H groups in total. The Bertz CT molecular complexity index is 440. The van der Waals surface area contributed by atoms with Crippen LogP contribution >= 0.6 is 0 Å². The molecule has 112 valence electrons. The highest BCUT2D eigenvalue weighted by molar-refractivity contribution is 7.86. The first-order chi connectivity index (χ1) is 8.46. The van der Waals surface area contributed by atoms with Crippen molar-refractivity contribution in [2.45, 2.75) is 25.2 Å². The standard InChI is InChI=1S/C11H21NO6S/c1-9(11(14)15)5-4-7-12(2,3)8-6-10(13)19(16,17)18/h5,10,13H,4,6-8H2,1-3H3,(H-,14,15,16,17,18)/p+1. The van der Waals surface area contributed by atoms with E-state index in [0.717, 1.165) is 0 Å². The lowest BCUT2D eigenvalue weighted by atomic mass is 10.2. The quantitative estimate of drug-likeness (QED) is 0.332. The summed E-state index contributed by atoms with van der Waals surface area (Å²) in [6.45, 7) is 2.45. The van der Waals surface area contributed by atoms with E-state index in [1.807, 2.05) is 14.1 Å². The summed E-state index contributed by atoms with van der Waals surface area (Å²) in [7, 11) is -0.747. The van der Waals surface area contributed by atoms with Crippen molar-refractivity contribution in [1.29, 1.82) is 0 Å². The molecule has 0 rings (SSSR count). The minimum absolute atomic E-state index is 0.0759. The van der Waals surface area contributed by atoms with E-state index in [2.05, 4.69) is 0 Å². The van der Waals surface area contributed by atoms with Crippen molar-refractivity contribution in [3.8, 4) is 0 Å². The van der Waals surface area contributed by atoms with Crippen LogP contribution in [0.15, 0.2) is 11.6 Å². The molecule has 0 aromatic heterocycles. The first-order valence-electron chi connectivity index (χ1n) is 5.82. The molecule has 0 radical (unpaired) electrons. The van der Waals surface area contributed by atoms with E-state index >= 15 is 0 Å². The molecule has 0 spiro atoms. The second kappa shape index (κ2) is 6.99. The van der Waals surface area contributed by atoms with Gasteiger partial charge in [0.05, 0.1) is 27.2 Å². The predicted octanol–water partition coefficient (Wildman–Crippen LogP) is 0.0801. The van der Waals surface area contributed by atoms with Gasteiger partial charge in [-0.25, -0.2) is 4.79 Å². The lowest BCUT2D eigenvalue weighted by Crippen LogP contribution is -2.43. The molecule has 0 fully saturated rings. The number of aliphatic hydroxyl groups excluding tert-OH is 1. The summed E-state index contributed by atoms with van der Waals surface area (Å²) in [6, 6.07) is 0. The molecule has 0 aromatic rings. The van der Waals surface area contributed by atoms with Gasteiger partial charge in [0, 0.05) is 18.4 Å². The molecule has 0 bridgehead atoms. The third-order valence-electron chi connectivity index (χ3n) is 2.85. The number of carboxylic acid groups (broad SMARTS) is 1. The number of hydrogen-bond donors (Lipinski definition) is 3. The van der Waals surface area contributed by atoms with Crippen molar-refractivity contribution in [3.05, 3.63) is 11.6 Å². The number of aliphatic hydroxyl groups is 1. The molecule has 0 heterocycles. The van der Waals surface area contributed by atoms with E-state index in [9.17, 15) is 18.3 Å². The second-order valence-electron chi connectivity index (χ2n) is 5.12. The molecule has 1 unspecified atom stereocenters. The molecular weight excluding hydrogens is 274 g/mol. The Kier molecular flexibility index (Phi) is 6.64. The Morgan fingerprint density at radius 3 is 2.26 bits per heavy atom. The highest BCUT2D eigenvalue weighted by Gasteiger charge is 2.24. The number of carboxylic acids is 1. The monoisotopic (exact) mass is 296 g/mol. The smallest absolute Gasteiger partial charge is 0.330 e. The molecule has 8 heteroatoms. The number of rotatable bonds is 8. The van der Waals surface area contributed by atoms with Gasteiger partial charge in [0.1, 0.15) is 0 Å². The second-order valence-corrected chi connectivity index (χ2v) is 6.70. The van der Waals surface area contributed by atoms with Gasteiger partial charge in [-0.05, 0) is 6.92 Å². The minimum atomic E-state index is -4.41. The van der Waals surface area contributed by atoms with E-state index < -0.39 is 21.5 Å². The molecule has 19 heavy (non-hydrogen) atoms. The van der Waals surface area contributed by atoms with Gasteiger partial charge >= 0.3 is 5.97 Å². The predicted molar refractivity (Wildman–Crippen MR) is 70.0 cm³/mol. The van der Waals surface area contributed by atoms with Crippen LogP contribution in [0.3, 0.4) is 0 Å². The molecule has 1 atom stereocenters. The zero-order chi connectivity index (χ0) is 15.3. The third-order valence-corrected chi connectivity index (χ3v) is 3.77. The van der Waals surface area contributed by atoms with Gasteiger partial charge in [0.2, 0.25) is 0 Å². The molecule has 0 saturated heterocycles. The maximum absolute atomic E-state index is 10.7. The molecule has 0 amide bonds. The number of aliphatic carboxylic acids is 1. The first kappa shape index (κ1) is 18.0. The summed E-state index contributed by atoms with van der Waals surface area (Å²) in [6.07, 6.45) is 2.06. The fourth-order valence-corrected chi connectivity index (χ4v) is 1.84. The minimum Gasteiger partial charge on any atom is -0.478 e. The van der Waals surface area contributed by atoms with Crippen molar-refractivity contribution in [1.82, 2.24) is 0 Å². The van der Waals surface area contributed by atoms with E-state index in [1.165, 1.54) is 6.92 Å². The van der Waals surface area contributed by atoms with Crippen LogP contribution in [0.2, 0.25) is 0 Å². The lowest BCUT2D eigenvalue weighted by molar-refractivity contribution is -0.890. The largest absolute Gasteiger partial charge is 0.478 e. The van der Waals surface area contributed by atoms with Gasteiger partial charge in [-0.2, -0.15) is 8.42 Å². The first-order valence-corrected chi connectivity index (χ1v) is 7.32. The summed E-state index contributed by atoms with van der Waals surface area (Å²) in [4.78, 5) is 10.6. The van der Waals surface area contributed by atoms with Crippen LogP contribution in [0.1, 0.15) is 19.8 Å². The summed E-state index contributed by atoms with van der Waals surface area (Å²) in [5.74, 6) is -0.966. The highest BCUT2D eigenvalue weighted by atomic mass is 32.2. The normalized spacial score (nSPS) is 15.3. The third kappa shape index (κ3) is 7.93. The van der Waals surface area contributed by atoms with Crippen molar-refractivity contribution >= 4 is 16.1 Å². The fraction of sp³-hybridized carbons (Fsp3) is 0.727. The molecule has 0 aliphatic rings. The zero-order valence-corrected chi connectivity index (χ0v) is 12.2. The Morgan fingerprint density at radius 2 is 1.84 bits per heavy atom. The molecule has 7 nitrogen and oxygen atoms in total. The van der Waals surface area contributed by atoms with Crippen molar-refractivity contribution in [3.63, 3.8) is 0 Å². The van der Waals surface area contributed by atoms with Crippen LogP contribution in [0.25, 0.3) is 0 Å². The van der Waals surface area contributed by atoms with E-state index in [0.29, 0.717) is 24.0 Å². The van der Waals surface area contributed by atoms with E-state index in [1.54, 1.807) is 6.08 Å². The van der Waals surface area contributed by atoms with Crippen LogP contribution < -0.4 is 0 Å². The summed E-state index contributed by atoms with van der Waals surface area (Å²) in [5, 5.41) is 17.9. The van der Waals surface area contributed by atoms with Gasteiger partial charge in [-0.15, -0.1) is 0 Å². The topological polar surface area (TPSA) is 112 Å². The fourth-order valence-electron chi connectivity index (χ4n) is 1.44. The summed E-state index contributed by atoms with van der Waals surface area (Å²) in [5.41, 5.74) is -1.51. The number of quaternary nitrogens is 1. The van der Waals surface area contributed by atoms with Crippen molar-refractivity contribution in [2.24, 2.45) is 0 Å². The van der Waals surface area contributed by atoms with Crippen LogP contribution in [-0.2, 0) is 14.9 Å². The van der Waals surface area contributed by atoms with Crippen molar-refractivity contribution in [2.75, 3.05) is 27.2 Å². The van der Waals surface area contributed by atoms with E-state index in [-0.39, 0.29) is 12.0 Å². The number of nitrogens with zero attached hydrogens (tertiary/aromatic N) is 1. The molecule has 0 saturated carbocycles. The Labute approximate surface area is 113 Å². The van der Waals surface area contributed by atoms with Crippen LogP contribution in [0, 0.1) is 0 Å². The van der Waals surface area contributed by atoms with Crippen LogP contribution in [0.5, 0.6) is 0 Å². The van der Waals surface area contributed by atoms with Gasteiger partial charge in [-0.3, -0.25) is 4.55 Å². The van der Waals surface area contributed by atoms with Crippen molar-refractivity contribution < 1.29 is 32.5 Å². The maximum atomic E-state index is 10.7. The molecule has 0 aliphatic carbocycles. The lowest BCUT2D eigenvalue weighted by Gasteiger charge is -2.30. The van der Waals surface area contributed by atoms with Crippen LogP contribution in [-0.4, -0.2) is 66.3 Å². The SMILES string of the molecule is CC(=CCC[N+](C)(C)CCC(O)S(=O)(=O)O)C(=O)O. The highest BCUT2D eigenvalue weighted by Crippen LogP contribution is 2.08. The molecule has 0 aliphatic heterocycles. The van der Waals surface area contributed by atoms with E-state index in [4.69, 9.17) is 9.66 Å².